The van der Waals surface area contributed by atoms with Crippen molar-refractivity contribution in [2.24, 2.45) is 11.7 Å². The number of hydrogen-bond acceptors (Lipinski definition) is 6. The molecule has 1 aromatic carbocycles. The van der Waals surface area contributed by atoms with Gasteiger partial charge >= 0.3 is 6.09 Å². The Labute approximate surface area is 232 Å². The van der Waals surface area contributed by atoms with Gasteiger partial charge in [0.1, 0.15) is 6.04 Å². The zero-order valence-corrected chi connectivity index (χ0v) is 23.5. The van der Waals surface area contributed by atoms with E-state index in [2.05, 4.69) is 6.92 Å². The Morgan fingerprint density at radius 1 is 1.03 bits per heavy atom. The molecule has 0 spiro atoms. The highest BCUT2D eigenvalue weighted by atomic mass is 16.7. The molecule has 3 amide bonds. The maximum Gasteiger partial charge on any atom is 0.436 e. The number of piperazine rings is 1. The van der Waals surface area contributed by atoms with Crippen LogP contribution in [0.3, 0.4) is 0 Å². The molecule has 0 aromatic heterocycles. The second-order valence-corrected chi connectivity index (χ2v) is 11.2. The van der Waals surface area contributed by atoms with Crippen molar-refractivity contribution in [2.45, 2.75) is 102 Å². The van der Waals surface area contributed by atoms with Crippen molar-refractivity contribution in [1.29, 1.82) is 0 Å². The summed E-state index contributed by atoms with van der Waals surface area (Å²) in [4.78, 5) is 50.8. The van der Waals surface area contributed by atoms with Crippen molar-refractivity contribution >= 4 is 17.9 Å². The number of hydroxylamine groups is 2. The van der Waals surface area contributed by atoms with Gasteiger partial charge in [0.2, 0.25) is 5.91 Å². The molecule has 216 valence electrons. The van der Waals surface area contributed by atoms with Gasteiger partial charge in [-0.1, -0.05) is 69.4 Å². The second kappa shape index (κ2) is 14.7. The summed E-state index contributed by atoms with van der Waals surface area (Å²) < 4.78 is 5.80. The summed E-state index contributed by atoms with van der Waals surface area (Å²) in [6.07, 6.45) is 8.68. The highest BCUT2D eigenvalue weighted by Crippen LogP contribution is 2.32. The van der Waals surface area contributed by atoms with Crippen LogP contribution in [0, 0.1) is 5.92 Å². The van der Waals surface area contributed by atoms with Crippen molar-refractivity contribution in [1.82, 2.24) is 14.9 Å². The molecule has 2 heterocycles. The summed E-state index contributed by atoms with van der Waals surface area (Å²) in [6.45, 7) is 3.81. The number of hydrogen-bond donors (Lipinski definition) is 1. The fourth-order valence-corrected chi connectivity index (χ4v) is 6.04. The van der Waals surface area contributed by atoms with Crippen LogP contribution in [-0.4, -0.2) is 77.3 Å². The smallest absolute Gasteiger partial charge is 0.436 e. The Kier molecular flexibility index (Phi) is 11.0. The molecule has 1 aliphatic carbocycles. The van der Waals surface area contributed by atoms with Crippen LogP contribution in [0.2, 0.25) is 0 Å². The third kappa shape index (κ3) is 7.51. The third-order valence-corrected chi connectivity index (χ3v) is 8.25. The third-order valence-electron chi connectivity index (χ3n) is 8.25. The van der Waals surface area contributed by atoms with Crippen molar-refractivity contribution < 1.29 is 24.0 Å². The van der Waals surface area contributed by atoms with Gasteiger partial charge in [0.25, 0.3) is 5.91 Å². The van der Waals surface area contributed by atoms with Gasteiger partial charge in [0, 0.05) is 13.0 Å². The van der Waals surface area contributed by atoms with Gasteiger partial charge in [-0.3, -0.25) is 14.4 Å². The van der Waals surface area contributed by atoms with Gasteiger partial charge in [-0.25, -0.2) is 4.79 Å². The molecule has 0 radical (unpaired) electrons. The predicted octanol–water partition coefficient (Wildman–Crippen LogP) is 4.25. The molecule has 2 N–H and O–H groups in total. The highest BCUT2D eigenvalue weighted by Gasteiger charge is 2.53. The Balaban J connectivity index is 1.59. The van der Waals surface area contributed by atoms with E-state index in [1.807, 2.05) is 30.3 Å². The Hall–Kier alpha value is -2.65. The molecule has 9 heteroatoms. The van der Waals surface area contributed by atoms with Crippen molar-refractivity contribution in [3.8, 4) is 0 Å². The molecule has 4 rings (SSSR count). The molecule has 9 nitrogen and oxygen atoms in total. The van der Waals surface area contributed by atoms with Gasteiger partial charge < -0.3 is 20.3 Å². The first-order chi connectivity index (χ1) is 19.0. The van der Waals surface area contributed by atoms with E-state index in [1.54, 1.807) is 9.80 Å². The quantitative estimate of drug-likeness (QED) is 0.396. The number of amides is 3. The van der Waals surface area contributed by atoms with Gasteiger partial charge in [-0.2, -0.15) is 5.06 Å². The molecule has 0 unspecified atom stereocenters. The molecule has 2 aliphatic heterocycles. The maximum atomic E-state index is 13.9. The van der Waals surface area contributed by atoms with Crippen LogP contribution in [0.15, 0.2) is 30.3 Å². The Bertz CT molecular complexity index is 939. The van der Waals surface area contributed by atoms with Crippen molar-refractivity contribution in [2.75, 3.05) is 26.2 Å². The number of nitrogens with two attached hydrogens (primary N) is 1. The first-order valence-corrected chi connectivity index (χ1v) is 15.0. The number of carbonyl (C=O) groups excluding carboxylic acids is 3. The molecule has 0 bridgehead atoms. The lowest BCUT2D eigenvalue weighted by atomic mass is 9.90. The maximum absolute atomic E-state index is 13.9. The number of ether oxygens (including phenoxy) is 1. The van der Waals surface area contributed by atoms with Crippen LogP contribution in [0.1, 0.15) is 83.1 Å². The second-order valence-electron chi connectivity index (χ2n) is 11.2. The molecule has 2 saturated heterocycles. The molecule has 39 heavy (non-hydrogen) atoms. The van der Waals surface area contributed by atoms with Crippen LogP contribution >= 0.6 is 0 Å². The number of nitrogens with zero attached hydrogens (tertiary/aromatic N) is 3. The average Bonchev–Trinajstić information content (AvgIpc) is 2.96. The Morgan fingerprint density at radius 3 is 2.51 bits per heavy atom. The van der Waals surface area contributed by atoms with Crippen molar-refractivity contribution in [3.63, 3.8) is 0 Å². The lowest BCUT2D eigenvalue weighted by Crippen LogP contribution is -2.73. The standard InChI is InChI=1S/C30H46N4O5/c1-2-3-12-19-32-21-27-33(25(28(32)35)17-10-11-18-31)29(36)26(20-23-13-6-4-7-14-23)39-34(27)30(37)38-22-24-15-8-5-9-16-24/h4,6-7,13-14,24-27H,2-3,5,8-12,15-22,31H2,1H3/t25-,26-,27-/m0/s1. The molecular weight excluding hydrogens is 496 g/mol. The summed E-state index contributed by atoms with van der Waals surface area (Å²) in [7, 11) is 0. The minimum absolute atomic E-state index is 0.0522. The van der Waals surface area contributed by atoms with E-state index in [1.165, 1.54) is 11.5 Å². The lowest BCUT2D eigenvalue weighted by Gasteiger charge is -2.52. The molecule has 1 saturated carbocycles. The van der Waals surface area contributed by atoms with Crippen molar-refractivity contribution in [3.05, 3.63) is 35.9 Å². The van der Waals surface area contributed by atoms with Crippen LogP contribution in [-0.2, 0) is 25.6 Å². The molecule has 3 fully saturated rings. The largest absolute Gasteiger partial charge is 0.448 e. The van der Waals surface area contributed by atoms with E-state index < -0.39 is 24.4 Å². The van der Waals surface area contributed by atoms with Gasteiger partial charge in [-0.05, 0) is 56.6 Å². The molecule has 3 aliphatic rings. The normalized spacial score (nSPS) is 24.2. The topological polar surface area (TPSA) is 105 Å². The van der Waals surface area contributed by atoms with Crippen LogP contribution < -0.4 is 5.73 Å². The summed E-state index contributed by atoms with van der Waals surface area (Å²) in [5, 5.41) is 1.26. The lowest BCUT2D eigenvalue weighted by molar-refractivity contribution is -0.267. The van der Waals surface area contributed by atoms with Crippen LogP contribution in [0.4, 0.5) is 4.79 Å². The number of fused-ring (bicyclic) bond motifs is 1. The zero-order chi connectivity index (χ0) is 27.6. The summed E-state index contributed by atoms with van der Waals surface area (Å²) in [5.74, 6) is 0.0518. The zero-order valence-electron chi connectivity index (χ0n) is 23.5. The predicted molar refractivity (Wildman–Crippen MR) is 148 cm³/mol. The fraction of sp³-hybridized carbons (Fsp3) is 0.700. The van der Waals surface area contributed by atoms with Gasteiger partial charge in [0.05, 0.1) is 13.2 Å². The summed E-state index contributed by atoms with van der Waals surface area (Å²) in [6, 6.07) is 8.96. The minimum atomic E-state index is -0.915. The number of carbonyl (C=O) groups is 3. The number of benzene rings is 1. The van der Waals surface area contributed by atoms with E-state index in [9.17, 15) is 14.4 Å². The Morgan fingerprint density at radius 2 is 1.79 bits per heavy atom. The van der Waals surface area contributed by atoms with Gasteiger partial charge in [0.15, 0.2) is 12.3 Å². The first kappa shape index (κ1) is 29.3. The van der Waals surface area contributed by atoms with Crippen LogP contribution in [0.25, 0.3) is 0 Å². The van der Waals surface area contributed by atoms with Crippen LogP contribution in [0.5, 0.6) is 0 Å². The number of rotatable bonds is 12. The fourth-order valence-electron chi connectivity index (χ4n) is 6.04. The number of unbranched alkanes of at least 4 members (excludes halogenated alkanes) is 3. The summed E-state index contributed by atoms with van der Waals surface area (Å²) >= 11 is 0. The molecular formula is C30H46N4O5. The minimum Gasteiger partial charge on any atom is -0.448 e. The monoisotopic (exact) mass is 542 g/mol. The molecule has 3 atom stereocenters. The van der Waals surface area contributed by atoms with E-state index in [-0.39, 0.29) is 18.4 Å². The average molecular weight is 543 g/mol. The van der Waals surface area contributed by atoms with E-state index in [0.29, 0.717) is 38.5 Å². The van der Waals surface area contributed by atoms with E-state index >= 15 is 0 Å². The van der Waals surface area contributed by atoms with E-state index in [0.717, 1.165) is 63.4 Å². The van der Waals surface area contributed by atoms with Gasteiger partial charge in [-0.15, -0.1) is 0 Å². The van der Waals surface area contributed by atoms with E-state index in [4.69, 9.17) is 15.3 Å². The highest BCUT2D eigenvalue weighted by molar-refractivity contribution is 5.92. The summed E-state index contributed by atoms with van der Waals surface area (Å²) in [5.41, 5.74) is 6.67. The SMILES string of the molecule is CCCCCN1C[C@@H]2N(C(=O)OCC3CCCCC3)O[C@@H](Cc3ccccc3)C(=O)N2[C@@H](CCCCN)C1=O. The first-order valence-electron chi connectivity index (χ1n) is 15.0. The molecule has 1 aromatic rings.